The van der Waals surface area contributed by atoms with Gasteiger partial charge in [-0.05, 0) is 80.5 Å². The van der Waals surface area contributed by atoms with Gasteiger partial charge >= 0.3 is 29.6 Å². The van der Waals surface area contributed by atoms with Crippen molar-refractivity contribution < 1.29 is 53.5 Å². The molecule has 4 aromatic rings. The van der Waals surface area contributed by atoms with E-state index in [1.807, 2.05) is 74.5 Å². The van der Waals surface area contributed by atoms with Gasteiger partial charge in [0.2, 0.25) is 0 Å². The molecule has 2 heterocycles. The van der Waals surface area contributed by atoms with E-state index in [-0.39, 0.29) is 40.9 Å². The molecule has 7 nitrogen and oxygen atoms in total. The number of hydrogen-bond donors (Lipinski definition) is 2. The van der Waals surface area contributed by atoms with Crippen LogP contribution in [0.15, 0.2) is 94.2 Å². The topological polar surface area (TPSA) is 128 Å². The van der Waals surface area contributed by atoms with Gasteiger partial charge in [-0.2, -0.15) is 0 Å². The molecule has 4 N–H and O–H groups in total. The van der Waals surface area contributed by atoms with Crippen LogP contribution in [0.2, 0.25) is 0 Å². The summed E-state index contributed by atoms with van der Waals surface area (Å²) < 4.78 is 10.2. The van der Waals surface area contributed by atoms with Gasteiger partial charge in [-0.25, -0.2) is 0 Å². The van der Waals surface area contributed by atoms with Gasteiger partial charge in [0.25, 0.3) is 11.1 Å². The van der Waals surface area contributed by atoms with Crippen molar-refractivity contribution >= 4 is 22.8 Å². The van der Waals surface area contributed by atoms with E-state index < -0.39 is 5.24 Å². The minimum absolute atomic E-state index is 0. The van der Waals surface area contributed by atoms with Crippen molar-refractivity contribution in [1.29, 1.82) is 0 Å². The van der Waals surface area contributed by atoms with Crippen LogP contribution in [-0.2, 0) is 12.8 Å². The predicted octanol–water partition coefficient (Wildman–Crippen LogP) is 2.54. The van der Waals surface area contributed by atoms with Crippen LogP contribution < -0.4 is 40.6 Å². The molecule has 9 heteroatoms. The van der Waals surface area contributed by atoms with Crippen LogP contribution in [0, 0.1) is 13.8 Å². The Bertz CT molecular complexity index is 1130. The Morgan fingerprint density at radius 3 is 1.65 bits per heavy atom. The third kappa shape index (κ3) is 14.0. The molecule has 0 radical (unpaired) electrons. The number of furan rings is 2. The fourth-order valence-electron chi connectivity index (χ4n) is 2.84. The van der Waals surface area contributed by atoms with Crippen LogP contribution >= 0.6 is 11.6 Å². The summed E-state index contributed by atoms with van der Waals surface area (Å²) in [6.45, 7) is 5.20. The monoisotopic (exact) mass is 534 g/mol. The molecule has 192 valence electrons. The summed E-state index contributed by atoms with van der Waals surface area (Å²) in [7, 11) is 0. The van der Waals surface area contributed by atoms with Gasteiger partial charge in [-0.1, -0.05) is 35.4 Å². The van der Waals surface area contributed by atoms with Crippen molar-refractivity contribution in [2.24, 2.45) is 5.73 Å². The maximum atomic E-state index is 11.7. The Labute approximate surface area is 245 Å². The number of nitrogens with one attached hydrogen (secondary N) is 1. The molecule has 0 atom stereocenters. The van der Waals surface area contributed by atoms with Crippen LogP contribution in [0.1, 0.15) is 43.4 Å². The molecule has 1 amide bonds. The molecule has 0 unspecified atom stereocenters. The molecule has 0 aliphatic heterocycles. The van der Waals surface area contributed by atoms with Crippen molar-refractivity contribution in [3.63, 3.8) is 0 Å². The van der Waals surface area contributed by atoms with Crippen molar-refractivity contribution in [1.82, 2.24) is 5.32 Å². The summed E-state index contributed by atoms with van der Waals surface area (Å²) in [4.78, 5) is 22.3. The van der Waals surface area contributed by atoms with Gasteiger partial charge < -0.3 is 25.4 Å². The van der Waals surface area contributed by atoms with Crippen molar-refractivity contribution in [3.05, 3.63) is 119 Å². The second kappa shape index (κ2) is 19.5. The maximum absolute atomic E-state index is 11.7. The van der Waals surface area contributed by atoms with Gasteiger partial charge in [0.1, 0.15) is 11.5 Å². The molecule has 0 aliphatic rings. The molecular weight excluding hydrogens is 503 g/mol. The summed E-state index contributed by atoms with van der Waals surface area (Å²) in [5, 5.41) is 2.45. The number of benzene rings is 2. The Balaban J connectivity index is 0.000000557. The molecule has 0 saturated carbocycles. The molecule has 0 spiro atoms. The average molecular weight is 535 g/mol. The van der Waals surface area contributed by atoms with Crippen LogP contribution in [-0.4, -0.2) is 29.7 Å². The molecule has 0 fully saturated rings. The summed E-state index contributed by atoms with van der Waals surface area (Å²) in [5.41, 5.74) is 8.77. The number of carbonyl (C=O) groups is 2. The van der Waals surface area contributed by atoms with E-state index in [2.05, 4.69) is 5.32 Å². The smallest absolute Gasteiger partial charge is 0.870 e. The van der Waals surface area contributed by atoms with Gasteiger partial charge in [0.15, 0.2) is 0 Å². The van der Waals surface area contributed by atoms with E-state index in [0.29, 0.717) is 30.6 Å². The Morgan fingerprint density at radius 2 is 1.24 bits per heavy atom. The number of halogens is 1. The first-order chi connectivity index (χ1) is 16.9. The first kappa shape index (κ1) is 34.4. The largest absolute Gasteiger partial charge is 1.00 e. The summed E-state index contributed by atoms with van der Waals surface area (Å²) in [6, 6.07) is 22.2. The van der Waals surface area contributed by atoms with E-state index in [0.717, 1.165) is 29.1 Å². The Morgan fingerprint density at radius 1 is 0.784 bits per heavy atom. The number of carbonyl (C=O) groups excluding carboxylic acids is 2. The van der Waals surface area contributed by atoms with E-state index in [4.69, 9.17) is 26.2 Å². The summed E-state index contributed by atoms with van der Waals surface area (Å²) in [6.07, 6.45) is 4.85. The molecule has 4 rings (SSSR count). The minimum Gasteiger partial charge on any atom is -0.870 e. The van der Waals surface area contributed by atoms with Crippen LogP contribution in [0.3, 0.4) is 0 Å². The quantitative estimate of drug-likeness (QED) is 0.277. The number of rotatable bonds is 7. The number of aryl methyl sites for hydroxylation is 2. The zero-order valence-corrected chi connectivity index (χ0v) is 24.2. The van der Waals surface area contributed by atoms with Crippen LogP contribution in [0.5, 0.6) is 0 Å². The predicted molar refractivity (Wildman–Crippen MR) is 141 cm³/mol. The average Bonchev–Trinajstić information content (AvgIpc) is 3.56. The van der Waals surface area contributed by atoms with E-state index >= 15 is 0 Å². The Kier molecular flexibility index (Phi) is 18.1. The van der Waals surface area contributed by atoms with Crippen molar-refractivity contribution in [2.45, 2.75) is 26.7 Å². The first-order valence-corrected chi connectivity index (χ1v) is 11.6. The summed E-state index contributed by atoms with van der Waals surface area (Å²) >= 11 is 5.22. The maximum Gasteiger partial charge on any atom is 1.00 e. The van der Waals surface area contributed by atoms with Crippen molar-refractivity contribution in [2.75, 3.05) is 13.1 Å². The Hall–Kier alpha value is -2.65. The zero-order valence-electron chi connectivity index (χ0n) is 21.4. The fourth-order valence-corrected chi connectivity index (χ4v) is 2.97. The summed E-state index contributed by atoms with van der Waals surface area (Å²) in [5.74, 6) is 1.80. The van der Waals surface area contributed by atoms with E-state index in [1.54, 1.807) is 24.7 Å². The number of amides is 1. The second-order valence-electron chi connectivity index (χ2n) is 7.71. The van der Waals surface area contributed by atoms with Gasteiger partial charge in [-0.3, -0.25) is 9.59 Å². The second-order valence-corrected chi connectivity index (χ2v) is 8.05. The zero-order chi connectivity index (χ0) is 25.5. The number of hydrogen-bond acceptors (Lipinski definition) is 6. The van der Waals surface area contributed by atoms with Gasteiger partial charge in [0.05, 0.1) is 12.5 Å². The molecule has 0 aliphatic carbocycles. The molecule has 2 aromatic heterocycles. The molecule has 2 aromatic carbocycles. The normalized spacial score (nSPS) is 9.30. The first-order valence-electron chi connectivity index (χ1n) is 11.2. The van der Waals surface area contributed by atoms with Gasteiger partial charge in [-0.15, -0.1) is 0 Å². The SMILES string of the molecule is Cc1ccc(C(=O)Cl)cc1.Cc1ccc(C(=O)NCCc2ccco2)cc1.NCCc1ccco1.[Na+].[OH-]. The molecule has 0 saturated heterocycles. The fraction of sp³-hybridized carbons (Fsp3) is 0.214. The van der Waals surface area contributed by atoms with Crippen molar-refractivity contribution in [3.8, 4) is 0 Å². The molecule has 0 bridgehead atoms. The van der Waals surface area contributed by atoms with Crippen LogP contribution in [0.4, 0.5) is 0 Å². The van der Waals surface area contributed by atoms with Crippen LogP contribution in [0.25, 0.3) is 0 Å². The third-order valence-corrected chi connectivity index (χ3v) is 5.02. The van der Waals surface area contributed by atoms with E-state index in [1.165, 1.54) is 0 Å². The molecule has 37 heavy (non-hydrogen) atoms. The third-order valence-electron chi connectivity index (χ3n) is 4.80. The minimum atomic E-state index is -0.403. The molecular formula is C28H32ClN2NaO5. The standard InChI is InChI=1S/C14H15NO2.C8H7ClO.C6H9NO.Na.H2O/c1-11-4-6-12(7-5-11)14(16)15-9-8-13-3-2-10-17-13;1-6-2-4-7(5-3-6)8(9)10;7-4-3-6-2-1-5-8-6;;/h2-7,10H,8-9H2,1H3,(H,15,16);2-5H,1H3;1-2,5H,3-4,7H2;;1H2/q;;;+1;/p-1. The van der Waals surface area contributed by atoms with Gasteiger partial charge in [0, 0.05) is 30.5 Å². The van der Waals surface area contributed by atoms with E-state index in [9.17, 15) is 9.59 Å². The number of nitrogens with two attached hydrogens (primary N) is 1.